The van der Waals surface area contributed by atoms with Crippen molar-refractivity contribution in [1.82, 2.24) is 5.32 Å². The van der Waals surface area contributed by atoms with Gasteiger partial charge in [-0.2, -0.15) is 11.8 Å². The molecular formula is C14H19NS. The molecule has 3 rings (SSSR count). The summed E-state index contributed by atoms with van der Waals surface area (Å²) in [5.41, 5.74) is 3.30. The third-order valence-electron chi connectivity index (χ3n) is 4.04. The lowest BCUT2D eigenvalue weighted by Crippen LogP contribution is -2.51. The summed E-state index contributed by atoms with van der Waals surface area (Å²) in [6.45, 7) is 3.53. The molecule has 0 bridgehead atoms. The summed E-state index contributed by atoms with van der Waals surface area (Å²) < 4.78 is 0. The molecule has 0 amide bonds. The molecule has 2 aliphatic heterocycles. The molecular weight excluding hydrogens is 214 g/mol. The predicted molar refractivity (Wildman–Crippen MR) is 71.0 cm³/mol. The van der Waals surface area contributed by atoms with Crippen LogP contribution in [0.4, 0.5) is 0 Å². The number of fused-ring (bicyclic) bond motifs is 1. The summed E-state index contributed by atoms with van der Waals surface area (Å²) in [5, 5.41) is 4.53. The van der Waals surface area contributed by atoms with Crippen LogP contribution >= 0.6 is 11.8 Å². The molecule has 16 heavy (non-hydrogen) atoms. The van der Waals surface area contributed by atoms with E-state index in [9.17, 15) is 0 Å². The summed E-state index contributed by atoms with van der Waals surface area (Å²) in [5.74, 6) is 1.34. The van der Waals surface area contributed by atoms with Gasteiger partial charge in [0.05, 0.1) is 5.54 Å². The van der Waals surface area contributed by atoms with E-state index in [4.69, 9.17) is 0 Å². The highest BCUT2D eigenvalue weighted by atomic mass is 32.2. The lowest BCUT2D eigenvalue weighted by Gasteiger charge is -2.41. The van der Waals surface area contributed by atoms with E-state index in [2.05, 4.69) is 48.3 Å². The first-order valence-corrected chi connectivity index (χ1v) is 7.30. The van der Waals surface area contributed by atoms with Crippen LogP contribution in [0.25, 0.3) is 0 Å². The third-order valence-corrected chi connectivity index (χ3v) is 5.67. The number of hydrogen-bond acceptors (Lipinski definition) is 2. The van der Waals surface area contributed by atoms with Gasteiger partial charge in [-0.15, -0.1) is 0 Å². The topological polar surface area (TPSA) is 12.0 Å². The van der Waals surface area contributed by atoms with E-state index in [0.29, 0.717) is 0 Å². The Balaban J connectivity index is 2.02. The van der Waals surface area contributed by atoms with Gasteiger partial charge in [-0.25, -0.2) is 0 Å². The van der Waals surface area contributed by atoms with Crippen molar-refractivity contribution in [2.24, 2.45) is 0 Å². The molecule has 2 aliphatic rings. The van der Waals surface area contributed by atoms with Gasteiger partial charge in [-0.05, 0) is 43.1 Å². The molecule has 2 heterocycles. The Bertz CT molecular complexity index is 384. The molecule has 1 N–H and O–H groups in total. The van der Waals surface area contributed by atoms with Crippen molar-refractivity contribution in [2.75, 3.05) is 12.3 Å². The van der Waals surface area contributed by atoms with Gasteiger partial charge in [0.1, 0.15) is 0 Å². The van der Waals surface area contributed by atoms with Crippen LogP contribution in [-0.2, 0) is 12.0 Å². The minimum absolute atomic E-state index is 0.204. The van der Waals surface area contributed by atoms with Crippen LogP contribution in [0.15, 0.2) is 24.3 Å². The number of hydrogen-bond donors (Lipinski definition) is 1. The Morgan fingerprint density at radius 3 is 3.06 bits per heavy atom. The second kappa shape index (κ2) is 4.08. The third kappa shape index (κ3) is 1.59. The van der Waals surface area contributed by atoms with Crippen molar-refractivity contribution in [3.63, 3.8) is 0 Å². The Labute approximate surface area is 102 Å². The van der Waals surface area contributed by atoms with Crippen molar-refractivity contribution < 1.29 is 0 Å². The molecule has 2 unspecified atom stereocenters. The quantitative estimate of drug-likeness (QED) is 0.800. The van der Waals surface area contributed by atoms with Gasteiger partial charge in [0.25, 0.3) is 0 Å². The van der Waals surface area contributed by atoms with Gasteiger partial charge >= 0.3 is 0 Å². The van der Waals surface area contributed by atoms with Crippen LogP contribution in [-0.4, -0.2) is 17.5 Å². The Hall–Kier alpha value is -0.470. The number of rotatable bonds is 1. The van der Waals surface area contributed by atoms with Gasteiger partial charge in [0, 0.05) is 11.8 Å². The van der Waals surface area contributed by atoms with Crippen molar-refractivity contribution in [2.45, 2.75) is 37.0 Å². The minimum atomic E-state index is 0.204. The highest BCUT2D eigenvalue weighted by Gasteiger charge is 2.40. The zero-order valence-electron chi connectivity index (χ0n) is 9.83. The number of thioether (sulfide) groups is 1. The maximum atomic E-state index is 3.77. The van der Waals surface area contributed by atoms with Gasteiger partial charge in [0.15, 0.2) is 0 Å². The molecule has 1 saturated heterocycles. The van der Waals surface area contributed by atoms with E-state index in [1.807, 2.05) is 0 Å². The van der Waals surface area contributed by atoms with Crippen LogP contribution in [0, 0.1) is 0 Å². The summed E-state index contributed by atoms with van der Waals surface area (Å²) in [4.78, 5) is 0. The van der Waals surface area contributed by atoms with Crippen LogP contribution in [0.5, 0.6) is 0 Å². The van der Waals surface area contributed by atoms with Crippen LogP contribution in [0.1, 0.15) is 30.9 Å². The van der Waals surface area contributed by atoms with Gasteiger partial charge in [-0.3, -0.25) is 0 Å². The second-order valence-electron chi connectivity index (χ2n) is 5.04. The first-order chi connectivity index (χ1) is 7.81. The molecule has 86 valence electrons. The lowest BCUT2D eigenvalue weighted by atomic mass is 9.80. The summed E-state index contributed by atoms with van der Waals surface area (Å²) in [6.07, 6.45) is 3.93. The largest absolute Gasteiger partial charge is 0.306 e. The maximum absolute atomic E-state index is 3.77. The van der Waals surface area contributed by atoms with Crippen molar-refractivity contribution in [3.05, 3.63) is 35.4 Å². The smallest absolute Gasteiger partial charge is 0.0529 e. The monoisotopic (exact) mass is 233 g/mol. The van der Waals surface area contributed by atoms with Crippen LogP contribution in [0.2, 0.25) is 0 Å². The molecule has 1 aromatic carbocycles. The fourth-order valence-electron chi connectivity index (χ4n) is 3.12. The second-order valence-corrected chi connectivity index (χ2v) is 6.35. The zero-order chi connectivity index (χ0) is 11.0. The first-order valence-electron chi connectivity index (χ1n) is 6.26. The van der Waals surface area contributed by atoms with E-state index in [0.717, 1.165) is 11.8 Å². The lowest BCUT2D eigenvalue weighted by molar-refractivity contribution is 0.330. The Morgan fingerprint density at radius 1 is 1.38 bits per heavy atom. The Kier molecular flexibility index (Phi) is 2.72. The molecule has 0 spiro atoms. The van der Waals surface area contributed by atoms with E-state index in [1.165, 1.54) is 25.0 Å². The summed E-state index contributed by atoms with van der Waals surface area (Å²) >= 11 is 2.15. The minimum Gasteiger partial charge on any atom is -0.306 e. The van der Waals surface area contributed by atoms with E-state index < -0.39 is 0 Å². The Morgan fingerprint density at radius 2 is 2.25 bits per heavy atom. The molecule has 0 saturated carbocycles. The summed E-state index contributed by atoms with van der Waals surface area (Å²) in [7, 11) is 0. The average Bonchev–Trinajstić information content (AvgIpc) is 2.84. The molecule has 0 aromatic heterocycles. The molecule has 1 nitrogen and oxygen atoms in total. The van der Waals surface area contributed by atoms with Crippen LogP contribution in [0.3, 0.4) is 0 Å². The molecule has 2 atom stereocenters. The van der Waals surface area contributed by atoms with E-state index in [-0.39, 0.29) is 5.54 Å². The highest BCUT2D eigenvalue weighted by molar-refractivity contribution is 8.00. The molecule has 1 aromatic rings. The average molecular weight is 233 g/mol. The normalized spacial score (nSPS) is 33.7. The van der Waals surface area contributed by atoms with Gasteiger partial charge in [0.2, 0.25) is 0 Å². The molecule has 1 fully saturated rings. The molecule has 0 radical (unpaired) electrons. The molecule has 0 aliphatic carbocycles. The van der Waals surface area contributed by atoms with E-state index in [1.54, 1.807) is 11.1 Å². The van der Waals surface area contributed by atoms with Crippen molar-refractivity contribution in [3.8, 4) is 0 Å². The van der Waals surface area contributed by atoms with Crippen molar-refractivity contribution >= 4 is 11.8 Å². The zero-order valence-corrected chi connectivity index (χ0v) is 10.6. The predicted octanol–water partition coefficient (Wildman–Crippen LogP) is 2.94. The first kappa shape index (κ1) is 10.7. The van der Waals surface area contributed by atoms with E-state index >= 15 is 0 Å². The maximum Gasteiger partial charge on any atom is 0.0529 e. The van der Waals surface area contributed by atoms with Crippen molar-refractivity contribution in [1.29, 1.82) is 0 Å². The number of nitrogens with one attached hydrogen (secondary N) is 1. The fourth-order valence-corrected chi connectivity index (χ4v) is 4.61. The SMILES string of the molecule is CC1(C2CCCS2)NCCc2ccccc21. The van der Waals surface area contributed by atoms with Crippen LogP contribution < -0.4 is 5.32 Å². The van der Waals surface area contributed by atoms with Gasteiger partial charge < -0.3 is 5.32 Å². The van der Waals surface area contributed by atoms with Gasteiger partial charge in [-0.1, -0.05) is 24.3 Å². The summed E-state index contributed by atoms with van der Waals surface area (Å²) in [6, 6.07) is 8.98. The standard InChI is InChI=1S/C14H19NS/c1-14(13-7-4-10-16-13)12-6-3-2-5-11(12)8-9-15-14/h2-3,5-6,13,15H,4,7-10H2,1H3. The highest BCUT2D eigenvalue weighted by Crippen LogP contribution is 2.42. The number of benzene rings is 1. The molecule has 2 heteroatoms. The fraction of sp³-hybridized carbons (Fsp3) is 0.571.